The van der Waals surface area contributed by atoms with Crippen LogP contribution in [-0.2, 0) is 18.2 Å². The number of pyridine rings is 1. The van der Waals surface area contributed by atoms with Crippen LogP contribution in [0, 0.1) is 5.82 Å². The van der Waals surface area contributed by atoms with Crippen LogP contribution in [0.1, 0.15) is 35.6 Å². The summed E-state index contributed by atoms with van der Waals surface area (Å²) in [6, 6.07) is 10.5. The van der Waals surface area contributed by atoms with Crippen LogP contribution in [0.15, 0.2) is 60.9 Å². The van der Waals surface area contributed by atoms with Crippen molar-refractivity contribution < 1.29 is 27.5 Å². The lowest BCUT2D eigenvalue weighted by atomic mass is 9.89. The number of halogens is 4. The van der Waals surface area contributed by atoms with Crippen LogP contribution in [-0.4, -0.2) is 48.3 Å². The number of hydrogen-bond donors (Lipinski definition) is 3. The number of alkyl halides is 3. The molecule has 200 valence electrons. The molecule has 3 aromatic heterocycles. The number of nitrogens with zero attached hydrogens (tertiary/aromatic N) is 5. The molecule has 4 N–H and O–H groups in total. The molecular weight excluding hydrogens is 506 g/mol. The van der Waals surface area contributed by atoms with Gasteiger partial charge in [0.1, 0.15) is 11.5 Å². The number of benzene rings is 1. The van der Waals surface area contributed by atoms with Crippen LogP contribution in [0.2, 0.25) is 0 Å². The van der Waals surface area contributed by atoms with Crippen LogP contribution >= 0.6 is 0 Å². The van der Waals surface area contributed by atoms with Crippen LogP contribution in [0.25, 0.3) is 17.1 Å². The summed E-state index contributed by atoms with van der Waals surface area (Å²) in [6.07, 6.45) is -2.15. The predicted molar refractivity (Wildman–Crippen MR) is 129 cm³/mol. The molecule has 9 nitrogen and oxygen atoms in total. The summed E-state index contributed by atoms with van der Waals surface area (Å²) in [5, 5.41) is 21.3. The van der Waals surface area contributed by atoms with Crippen LogP contribution in [0.5, 0.6) is 0 Å². The zero-order valence-electron chi connectivity index (χ0n) is 20.7. The highest BCUT2D eigenvalue weighted by molar-refractivity contribution is 5.93. The number of amides is 1. The SMILES string of the molecule is Cn1nc(-n2cccn2)cc1C(=O)NCC(O)(c1cc(C(C)(C)N)cc(-c2ccc(F)cc2)n1)C(F)(F)F. The van der Waals surface area contributed by atoms with Crippen LogP contribution in [0.4, 0.5) is 17.6 Å². The first-order valence-corrected chi connectivity index (χ1v) is 11.4. The maximum absolute atomic E-state index is 14.4. The van der Waals surface area contributed by atoms with Gasteiger partial charge in [0.2, 0.25) is 5.60 Å². The molecule has 4 aromatic rings. The standard InChI is InChI=1S/C25H25F4N7O2/c1-23(2,30)16-11-18(15-5-7-17(26)8-6-15)33-20(12-16)24(38,25(27,28)29)14-31-22(37)19-13-21(34-35(19)3)36-10-4-9-32-36/h4-13,38H,14,30H2,1-3H3,(H,31,37). The lowest BCUT2D eigenvalue weighted by Crippen LogP contribution is -2.52. The molecule has 0 aliphatic carbocycles. The first-order valence-electron chi connectivity index (χ1n) is 11.4. The van der Waals surface area contributed by atoms with Gasteiger partial charge in [0.25, 0.3) is 5.91 Å². The fourth-order valence-electron chi connectivity index (χ4n) is 3.70. The Bertz CT molecular complexity index is 1440. The first kappa shape index (κ1) is 26.9. The minimum Gasteiger partial charge on any atom is -0.374 e. The Morgan fingerprint density at radius 1 is 1.13 bits per heavy atom. The molecule has 1 atom stereocenters. The van der Waals surface area contributed by atoms with Crippen molar-refractivity contribution in [1.29, 1.82) is 0 Å². The molecule has 0 radical (unpaired) electrons. The summed E-state index contributed by atoms with van der Waals surface area (Å²) in [7, 11) is 1.45. The summed E-state index contributed by atoms with van der Waals surface area (Å²) in [4.78, 5) is 16.9. The molecule has 38 heavy (non-hydrogen) atoms. The second-order valence-electron chi connectivity index (χ2n) is 9.36. The van der Waals surface area contributed by atoms with Gasteiger partial charge in [-0.3, -0.25) is 9.48 Å². The number of nitrogens with one attached hydrogen (secondary N) is 1. The summed E-state index contributed by atoms with van der Waals surface area (Å²) in [6.45, 7) is 1.91. The Morgan fingerprint density at radius 2 is 1.82 bits per heavy atom. The number of carbonyl (C=O) groups is 1. The molecule has 0 aliphatic heterocycles. The van der Waals surface area contributed by atoms with Gasteiger partial charge in [-0.25, -0.2) is 14.1 Å². The van der Waals surface area contributed by atoms with E-state index in [2.05, 4.69) is 20.5 Å². The third-order valence-electron chi connectivity index (χ3n) is 5.95. The molecule has 0 spiro atoms. The highest BCUT2D eigenvalue weighted by atomic mass is 19.4. The van der Waals surface area contributed by atoms with E-state index in [0.29, 0.717) is 5.56 Å². The van der Waals surface area contributed by atoms with Crippen molar-refractivity contribution in [2.24, 2.45) is 12.8 Å². The largest absolute Gasteiger partial charge is 0.424 e. The van der Waals surface area contributed by atoms with Gasteiger partial charge in [-0.15, -0.1) is 0 Å². The lowest BCUT2D eigenvalue weighted by Gasteiger charge is -2.32. The molecule has 4 rings (SSSR count). The van der Waals surface area contributed by atoms with Crippen molar-refractivity contribution in [2.75, 3.05) is 6.54 Å². The summed E-state index contributed by atoms with van der Waals surface area (Å²) in [5.74, 6) is -1.17. The Kier molecular flexibility index (Phi) is 6.84. The molecule has 0 aliphatic rings. The number of hydrogen-bond acceptors (Lipinski definition) is 6. The highest BCUT2D eigenvalue weighted by Crippen LogP contribution is 2.40. The smallest absolute Gasteiger partial charge is 0.374 e. The zero-order valence-corrected chi connectivity index (χ0v) is 20.7. The second kappa shape index (κ2) is 9.65. The van der Waals surface area contributed by atoms with E-state index in [1.165, 1.54) is 46.9 Å². The molecule has 0 bridgehead atoms. The minimum atomic E-state index is -5.24. The minimum absolute atomic E-state index is 0.0422. The number of aromatic nitrogens is 5. The lowest BCUT2D eigenvalue weighted by molar-refractivity contribution is -0.265. The van der Waals surface area contributed by atoms with Gasteiger partial charge in [0.15, 0.2) is 5.82 Å². The average molecular weight is 532 g/mol. The third-order valence-corrected chi connectivity index (χ3v) is 5.95. The zero-order chi connectivity index (χ0) is 27.9. The van der Waals surface area contributed by atoms with E-state index in [0.717, 1.165) is 18.2 Å². The van der Waals surface area contributed by atoms with Crippen molar-refractivity contribution in [3.63, 3.8) is 0 Å². The quantitative estimate of drug-likeness (QED) is 0.315. The average Bonchev–Trinajstić information content (AvgIpc) is 3.51. The fourth-order valence-corrected chi connectivity index (χ4v) is 3.70. The van der Waals surface area contributed by atoms with Gasteiger partial charge in [-0.2, -0.15) is 23.4 Å². The predicted octanol–water partition coefficient (Wildman–Crippen LogP) is 3.18. The Labute approximate surface area is 214 Å². The Morgan fingerprint density at radius 3 is 2.39 bits per heavy atom. The number of rotatable bonds is 7. The molecular formula is C25H25F4N7O2. The topological polar surface area (TPSA) is 124 Å². The van der Waals surface area contributed by atoms with E-state index in [1.54, 1.807) is 26.1 Å². The number of nitrogens with two attached hydrogens (primary N) is 1. The number of aryl methyl sites for hydroxylation is 1. The van der Waals surface area contributed by atoms with Gasteiger partial charge in [-0.05, 0) is 61.9 Å². The highest BCUT2D eigenvalue weighted by Gasteiger charge is 2.56. The van der Waals surface area contributed by atoms with Gasteiger partial charge >= 0.3 is 6.18 Å². The molecule has 0 saturated carbocycles. The molecule has 0 saturated heterocycles. The summed E-state index contributed by atoms with van der Waals surface area (Å²) >= 11 is 0. The van der Waals surface area contributed by atoms with Crippen molar-refractivity contribution in [1.82, 2.24) is 29.9 Å². The van der Waals surface area contributed by atoms with E-state index in [4.69, 9.17) is 5.73 Å². The van der Waals surface area contributed by atoms with Gasteiger partial charge in [0, 0.05) is 36.6 Å². The number of carbonyl (C=O) groups excluding carboxylic acids is 1. The van der Waals surface area contributed by atoms with E-state index in [-0.39, 0.29) is 22.8 Å². The normalized spacial score (nSPS) is 13.8. The fraction of sp³-hybridized carbons (Fsp3) is 0.280. The van der Waals surface area contributed by atoms with E-state index < -0.39 is 41.3 Å². The third kappa shape index (κ3) is 5.29. The summed E-state index contributed by atoms with van der Waals surface area (Å²) < 4.78 is 59.1. The molecule has 1 aromatic carbocycles. The molecule has 3 heterocycles. The van der Waals surface area contributed by atoms with Crippen molar-refractivity contribution in [3.8, 4) is 17.1 Å². The first-order chi connectivity index (χ1) is 17.7. The van der Waals surface area contributed by atoms with Crippen LogP contribution in [0.3, 0.4) is 0 Å². The van der Waals surface area contributed by atoms with Crippen molar-refractivity contribution >= 4 is 5.91 Å². The van der Waals surface area contributed by atoms with Gasteiger partial charge in [0.05, 0.1) is 17.9 Å². The Balaban J connectivity index is 1.71. The molecule has 0 fully saturated rings. The van der Waals surface area contributed by atoms with Gasteiger partial charge < -0.3 is 16.2 Å². The molecule has 1 unspecified atom stereocenters. The van der Waals surface area contributed by atoms with E-state index in [1.807, 2.05) is 0 Å². The maximum Gasteiger partial charge on any atom is 0.424 e. The van der Waals surface area contributed by atoms with Gasteiger partial charge in [-0.1, -0.05) is 0 Å². The van der Waals surface area contributed by atoms with Crippen LogP contribution < -0.4 is 11.1 Å². The summed E-state index contributed by atoms with van der Waals surface area (Å²) in [5.41, 5.74) is 1.24. The number of aliphatic hydroxyl groups is 1. The van der Waals surface area contributed by atoms with E-state index >= 15 is 0 Å². The molecule has 13 heteroatoms. The van der Waals surface area contributed by atoms with Crippen molar-refractivity contribution in [3.05, 3.63) is 83.7 Å². The maximum atomic E-state index is 14.4. The monoisotopic (exact) mass is 531 g/mol. The molecule has 1 amide bonds. The Hall–Kier alpha value is -4.10. The van der Waals surface area contributed by atoms with Crippen molar-refractivity contribution in [2.45, 2.75) is 31.2 Å². The second-order valence-corrected chi connectivity index (χ2v) is 9.36. The van der Waals surface area contributed by atoms with E-state index in [9.17, 15) is 27.5 Å².